The minimum absolute atomic E-state index is 0.0950. The number of halogens is 2. The van der Waals surface area contributed by atoms with Gasteiger partial charge in [-0.15, -0.1) is 0 Å². The summed E-state index contributed by atoms with van der Waals surface area (Å²) in [6.45, 7) is 0. The van der Waals surface area contributed by atoms with Crippen molar-refractivity contribution in [1.82, 2.24) is 20.0 Å². The van der Waals surface area contributed by atoms with Crippen molar-refractivity contribution in [2.24, 2.45) is 0 Å². The number of amides is 2. The van der Waals surface area contributed by atoms with Gasteiger partial charge in [0, 0.05) is 15.6 Å². The van der Waals surface area contributed by atoms with E-state index in [1.54, 1.807) is 48.5 Å². The van der Waals surface area contributed by atoms with Crippen LogP contribution >= 0.6 is 27.5 Å². The van der Waals surface area contributed by atoms with E-state index in [0.29, 0.717) is 27.4 Å². The highest BCUT2D eigenvalue weighted by atomic mass is 79.9. The van der Waals surface area contributed by atoms with E-state index in [2.05, 4.69) is 21.4 Å². The fourth-order valence-corrected chi connectivity index (χ4v) is 4.46. The van der Waals surface area contributed by atoms with E-state index in [1.807, 2.05) is 30.3 Å². The van der Waals surface area contributed by atoms with Gasteiger partial charge < -0.3 is 0 Å². The Hall–Kier alpha value is -3.75. The summed E-state index contributed by atoms with van der Waals surface area (Å²) in [5, 5.41) is 2.08. The van der Waals surface area contributed by atoms with Gasteiger partial charge in [0.15, 0.2) is 0 Å². The molecule has 174 valence electrons. The minimum Gasteiger partial charge on any atom is -0.273 e. The van der Waals surface area contributed by atoms with Crippen LogP contribution in [-0.2, 0) is 9.59 Å². The van der Waals surface area contributed by atoms with Crippen molar-refractivity contribution in [3.05, 3.63) is 110 Å². The summed E-state index contributed by atoms with van der Waals surface area (Å²) in [4.78, 5) is 43.3. The zero-order valence-corrected chi connectivity index (χ0v) is 20.5. The standard InChI is InChI=1S/C26H18BrClN4O3/c27-17-10-11-21-20(13-17)26(35)31(19-8-4-7-18(28)14-19)25(29-21)22-15-24(34)32(22)30-23(33)12-9-16-5-2-1-3-6-16/h1-14,22H,15H2,(H,30,33)/b12-9+. The maximum atomic E-state index is 13.6. The Balaban J connectivity index is 1.54. The molecule has 9 heteroatoms. The zero-order valence-electron chi connectivity index (χ0n) is 18.2. The monoisotopic (exact) mass is 548 g/mol. The second-order valence-corrected chi connectivity index (χ2v) is 9.31. The first-order valence-corrected chi connectivity index (χ1v) is 11.9. The third-order valence-electron chi connectivity index (χ3n) is 5.63. The van der Waals surface area contributed by atoms with Gasteiger partial charge in [0.05, 0.1) is 23.0 Å². The van der Waals surface area contributed by atoms with Crippen LogP contribution < -0.4 is 11.0 Å². The lowest BCUT2D eigenvalue weighted by Gasteiger charge is -2.39. The number of nitrogens with zero attached hydrogens (tertiary/aromatic N) is 3. The van der Waals surface area contributed by atoms with Crippen LogP contribution in [0, 0.1) is 0 Å². The number of carbonyl (C=O) groups is 2. The summed E-state index contributed by atoms with van der Waals surface area (Å²) in [7, 11) is 0. The predicted octanol–water partition coefficient (Wildman–Crippen LogP) is 4.82. The van der Waals surface area contributed by atoms with Crippen molar-refractivity contribution < 1.29 is 9.59 Å². The van der Waals surface area contributed by atoms with Gasteiger partial charge in [0.2, 0.25) is 5.91 Å². The second-order valence-electron chi connectivity index (χ2n) is 7.96. The average Bonchev–Trinajstić information content (AvgIpc) is 2.85. The van der Waals surface area contributed by atoms with Crippen molar-refractivity contribution in [3.63, 3.8) is 0 Å². The number of β-lactam (4-membered cyclic amide) rings is 1. The molecule has 2 amide bonds. The summed E-state index contributed by atoms with van der Waals surface area (Å²) < 4.78 is 2.18. The molecule has 1 aromatic heterocycles. The number of rotatable bonds is 5. The molecule has 1 aliphatic heterocycles. The number of benzene rings is 3. The molecule has 4 aromatic rings. The summed E-state index contributed by atoms with van der Waals surface area (Å²) in [6.07, 6.45) is 3.10. The van der Waals surface area contributed by atoms with Gasteiger partial charge in [0.25, 0.3) is 11.5 Å². The van der Waals surface area contributed by atoms with Crippen LogP contribution in [0.5, 0.6) is 0 Å². The lowest BCUT2D eigenvalue weighted by atomic mass is 10.0. The molecule has 0 radical (unpaired) electrons. The fraction of sp³-hybridized carbons (Fsp3) is 0.0769. The van der Waals surface area contributed by atoms with Crippen LogP contribution in [0.15, 0.2) is 88.1 Å². The van der Waals surface area contributed by atoms with Gasteiger partial charge >= 0.3 is 0 Å². The van der Waals surface area contributed by atoms with Crippen molar-refractivity contribution in [2.45, 2.75) is 12.5 Å². The van der Waals surface area contributed by atoms with Gasteiger partial charge in [-0.3, -0.25) is 24.4 Å². The van der Waals surface area contributed by atoms with E-state index in [0.717, 1.165) is 10.0 Å². The quantitative estimate of drug-likeness (QED) is 0.286. The molecule has 1 saturated heterocycles. The maximum absolute atomic E-state index is 13.6. The van der Waals surface area contributed by atoms with Crippen molar-refractivity contribution in [2.75, 3.05) is 0 Å². The molecule has 2 heterocycles. The molecule has 1 N–H and O–H groups in total. The highest BCUT2D eigenvalue weighted by Crippen LogP contribution is 2.33. The van der Waals surface area contributed by atoms with E-state index in [4.69, 9.17) is 16.6 Å². The summed E-state index contributed by atoms with van der Waals surface area (Å²) in [5.41, 5.74) is 4.17. The number of hydrogen-bond donors (Lipinski definition) is 1. The van der Waals surface area contributed by atoms with Crippen molar-refractivity contribution in [3.8, 4) is 5.69 Å². The Morgan fingerprint density at radius 3 is 2.60 bits per heavy atom. The Kier molecular flexibility index (Phi) is 6.23. The third-order valence-corrected chi connectivity index (χ3v) is 6.35. The van der Waals surface area contributed by atoms with Crippen LogP contribution in [0.3, 0.4) is 0 Å². The van der Waals surface area contributed by atoms with Gasteiger partial charge in [-0.2, -0.15) is 0 Å². The molecule has 0 bridgehead atoms. The average molecular weight is 550 g/mol. The zero-order chi connectivity index (χ0) is 24.5. The highest BCUT2D eigenvalue weighted by Gasteiger charge is 2.41. The Labute approximate surface area is 213 Å². The lowest BCUT2D eigenvalue weighted by molar-refractivity contribution is -0.156. The van der Waals surface area contributed by atoms with Crippen LogP contribution in [0.25, 0.3) is 22.7 Å². The van der Waals surface area contributed by atoms with Gasteiger partial charge in [-0.25, -0.2) is 9.99 Å². The molecule has 5 rings (SSSR count). The second kappa shape index (κ2) is 9.48. The topological polar surface area (TPSA) is 84.3 Å². The number of aromatic nitrogens is 2. The largest absolute Gasteiger partial charge is 0.273 e. The van der Waals surface area contributed by atoms with E-state index in [1.165, 1.54) is 15.7 Å². The summed E-state index contributed by atoms with van der Waals surface area (Å²) >= 11 is 9.61. The number of hydrazine groups is 1. The minimum atomic E-state index is -0.628. The van der Waals surface area contributed by atoms with Gasteiger partial charge in [-0.1, -0.05) is 63.9 Å². The molecule has 1 aliphatic rings. The number of carbonyl (C=O) groups excluding carboxylic acids is 2. The van der Waals surface area contributed by atoms with Crippen LogP contribution in [0.1, 0.15) is 23.9 Å². The van der Waals surface area contributed by atoms with Crippen LogP contribution in [0.4, 0.5) is 0 Å². The van der Waals surface area contributed by atoms with E-state index < -0.39 is 11.9 Å². The summed E-state index contributed by atoms with van der Waals surface area (Å²) in [5.74, 6) is -0.411. The number of hydrogen-bond acceptors (Lipinski definition) is 4. The fourth-order valence-electron chi connectivity index (χ4n) is 3.92. The molecule has 3 aromatic carbocycles. The predicted molar refractivity (Wildman–Crippen MR) is 138 cm³/mol. The normalized spacial score (nSPS) is 15.4. The van der Waals surface area contributed by atoms with Gasteiger partial charge in [-0.05, 0) is 48.0 Å². The third kappa shape index (κ3) is 4.62. The molecule has 0 spiro atoms. The first kappa shape index (κ1) is 23.0. The number of fused-ring (bicyclic) bond motifs is 1. The summed E-state index contributed by atoms with van der Waals surface area (Å²) in [6, 6.07) is 20.8. The highest BCUT2D eigenvalue weighted by molar-refractivity contribution is 9.10. The molecule has 1 fully saturated rings. The van der Waals surface area contributed by atoms with Crippen LogP contribution in [-0.4, -0.2) is 26.4 Å². The molecule has 1 atom stereocenters. The van der Waals surface area contributed by atoms with Crippen molar-refractivity contribution >= 4 is 56.3 Å². The molecular formula is C26H18BrClN4O3. The Bertz CT molecular complexity index is 1550. The molecule has 0 aliphatic carbocycles. The van der Waals surface area contributed by atoms with E-state index in [-0.39, 0.29) is 17.9 Å². The molecule has 35 heavy (non-hydrogen) atoms. The van der Waals surface area contributed by atoms with E-state index in [9.17, 15) is 14.4 Å². The molecule has 7 nitrogen and oxygen atoms in total. The molecular weight excluding hydrogens is 532 g/mol. The lowest BCUT2D eigenvalue weighted by Crippen LogP contribution is -2.57. The molecule has 1 unspecified atom stereocenters. The Morgan fingerprint density at radius 2 is 1.86 bits per heavy atom. The number of nitrogens with one attached hydrogen (secondary N) is 1. The first-order valence-electron chi connectivity index (χ1n) is 10.7. The molecule has 0 saturated carbocycles. The SMILES string of the molecule is O=C(/C=C/c1ccccc1)NN1C(=O)CC1c1nc2ccc(Br)cc2c(=O)n1-c1cccc(Cl)c1. The maximum Gasteiger partial charge on any atom is 0.266 e. The first-order chi connectivity index (χ1) is 16.9. The Morgan fingerprint density at radius 1 is 1.06 bits per heavy atom. The smallest absolute Gasteiger partial charge is 0.266 e. The van der Waals surface area contributed by atoms with Crippen molar-refractivity contribution in [1.29, 1.82) is 0 Å². The van der Waals surface area contributed by atoms with Gasteiger partial charge in [0.1, 0.15) is 11.9 Å². The van der Waals surface area contributed by atoms with Crippen LogP contribution in [0.2, 0.25) is 5.02 Å². The van der Waals surface area contributed by atoms with E-state index >= 15 is 0 Å².